The fourth-order valence-electron chi connectivity index (χ4n) is 3.19. The molecule has 0 saturated heterocycles. The maximum absolute atomic E-state index is 13.3. The van der Waals surface area contributed by atoms with Crippen molar-refractivity contribution in [2.45, 2.75) is 24.7 Å². The zero-order valence-electron chi connectivity index (χ0n) is 19.0. The van der Waals surface area contributed by atoms with E-state index in [4.69, 9.17) is 16.3 Å². The Kier molecular flexibility index (Phi) is 8.78. The van der Waals surface area contributed by atoms with E-state index in [-0.39, 0.29) is 16.7 Å². The molecule has 1 amide bonds. The van der Waals surface area contributed by atoms with Gasteiger partial charge in [0.2, 0.25) is 5.91 Å². The van der Waals surface area contributed by atoms with Gasteiger partial charge in [-0.2, -0.15) is 0 Å². The van der Waals surface area contributed by atoms with Crippen LogP contribution in [0.1, 0.15) is 18.9 Å². The van der Waals surface area contributed by atoms with Crippen LogP contribution in [0.3, 0.4) is 0 Å². The number of aromatic nitrogens is 4. The number of carbonyl (C=O) groups excluding carboxylic acids is 1. The van der Waals surface area contributed by atoms with Crippen LogP contribution >= 0.6 is 50.6 Å². The summed E-state index contributed by atoms with van der Waals surface area (Å²) in [5.41, 5.74) is 1.76. The molecule has 0 saturated carbocycles. The minimum atomic E-state index is -0.532. The number of nitrogens with one attached hydrogen (secondary N) is 1. The smallest absolute Gasteiger partial charge is 0.236 e. The van der Waals surface area contributed by atoms with Crippen molar-refractivity contribution >= 4 is 61.7 Å². The monoisotopic (exact) mass is 607 g/mol. The normalized spacial score (nSPS) is 11.8. The summed E-state index contributed by atoms with van der Waals surface area (Å²) in [5.74, 6) is 0.306. The molecule has 1 atom stereocenters. The van der Waals surface area contributed by atoms with Gasteiger partial charge in [-0.25, -0.2) is 9.37 Å². The molecule has 36 heavy (non-hydrogen) atoms. The number of thioether (sulfide) groups is 1. The topological polar surface area (TPSA) is 81.9 Å². The average Bonchev–Trinajstić information content (AvgIpc) is 3.47. The quantitative estimate of drug-likeness (QED) is 0.154. The number of allylic oxidation sites excluding steroid dienone is 1. The fourth-order valence-corrected chi connectivity index (χ4v) is 5.16. The van der Waals surface area contributed by atoms with Crippen molar-refractivity contribution < 1.29 is 13.9 Å². The summed E-state index contributed by atoms with van der Waals surface area (Å²) in [5, 5.41) is 14.4. The lowest BCUT2D eigenvalue weighted by Crippen LogP contribution is -2.15. The molecule has 2 aromatic carbocycles. The van der Waals surface area contributed by atoms with Crippen molar-refractivity contribution in [1.82, 2.24) is 19.7 Å². The van der Waals surface area contributed by atoms with Gasteiger partial charge in [0.05, 0.1) is 16.5 Å². The number of anilines is 1. The number of hydrogen-bond donors (Lipinski definition) is 1. The predicted octanol–water partition coefficient (Wildman–Crippen LogP) is 7.01. The van der Waals surface area contributed by atoms with Gasteiger partial charge < -0.3 is 10.1 Å². The van der Waals surface area contributed by atoms with E-state index in [0.717, 1.165) is 15.7 Å². The van der Waals surface area contributed by atoms with Gasteiger partial charge >= 0.3 is 0 Å². The van der Waals surface area contributed by atoms with E-state index in [1.54, 1.807) is 13.0 Å². The molecule has 0 aliphatic heterocycles. The zero-order valence-corrected chi connectivity index (χ0v) is 22.9. The van der Waals surface area contributed by atoms with Gasteiger partial charge in [-0.3, -0.25) is 9.36 Å². The van der Waals surface area contributed by atoms with Crippen LogP contribution in [0, 0.1) is 5.82 Å². The SMILES string of the molecule is C=CCn1c(SCC(=O)Nc2nc(-c3ccc(Br)cc3)cs2)nnc1C(C)Oc1ccc(F)cc1Cl. The molecular weight excluding hydrogens is 589 g/mol. The molecule has 0 aliphatic rings. The summed E-state index contributed by atoms with van der Waals surface area (Å²) in [7, 11) is 0. The van der Waals surface area contributed by atoms with E-state index in [0.29, 0.717) is 28.4 Å². The maximum atomic E-state index is 13.3. The van der Waals surface area contributed by atoms with Gasteiger partial charge in [0.15, 0.2) is 22.2 Å². The summed E-state index contributed by atoms with van der Waals surface area (Å²) in [6.45, 7) is 5.99. The number of amides is 1. The van der Waals surface area contributed by atoms with Gasteiger partial charge in [0, 0.05) is 22.0 Å². The van der Waals surface area contributed by atoms with E-state index in [2.05, 4.69) is 43.0 Å². The highest BCUT2D eigenvalue weighted by atomic mass is 79.9. The molecule has 4 rings (SSSR count). The van der Waals surface area contributed by atoms with Crippen molar-refractivity contribution in [1.29, 1.82) is 0 Å². The molecule has 0 fully saturated rings. The summed E-state index contributed by atoms with van der Waals surface area (Å²) in [6, 6.07) is 11.7. The number of rotatable bonds is 10. The summed E-state index contributed by atoms with van der Waals surface area (Å²) in [6.07, 6.45) is 1.17. The van der Waals surface area contributed by atoms with Gasteiger partial charge in [-0.05, 0) is 37.3 Å². The lowest BCUT2D eigenvalue weighted by atomic mass is 10.2. The minimum Gasteiger partial charge on any atom is -0.481 e. The van der Waals surface area contributed by atoms with Crippen LogP contribution in [0.15, 0.2) is 70.1 Å². The number of benzene rings is 2. The number of carbonyl (C=O) groups is 1. The molecule has 7 nitrogen and oxygen atoms in total. The molecule has 0 bridgehead atoms. The number of halogens is 3. The van der Waals surface area contributed by atoms with Crippen LogP contribution in [-0.2, 0) is 11.3 Å². The molecular formula is C24H20BrClFN5O2S2. The first-order chi connectivity index (χ1) is 17.3. The van der Waals surface area contributed by atoms with Crippen molar-refractivity contribution in [2.24, 2.45) is 0 Å². The number of ether oxygens (including phenoxy) is 1. The third-order valence-electron chi connectivity index (χ3n) is 4.84. The highest BCUT2D eigenvalue weighted by molar-refractivity contribution is 9.10. The highest BCUT2D eigenvalue weighted by Gasteiger charge is 2.21. The number of thiazole rings is 1. The number of hydrogen-bond acceptors (Lipinski definition) is 7. The van der Waals surface area contributed by atoms with Gasteiger partial charge in [-0.1, -0.05) is 57.5 Å². The molecule has 186 valence electrons. The predicted molar refractivity (Wildman–Crippen MR) is 145 cm³/mol. The van der Waals surface area contributed by atoms with Gasteiger partial charge in [-0.15, -0.1) is 28.1 Å². The Hall–Kier alpha value is -2.73. The van der Waals surface area contributed by atoms with E-state index < -0.39 is 11.9 Å². The third-order valence-corrected chi connectivity index (χ3v) is 7.39. The summed E-state index contributed by atoms with van der Waals surface area (Å²) >= 11 is 12.1. The second kappa shape index (κ2) is 12.0. The number of nitrogens with zero attached hydrogens (tertiary/aromatic N) is 4. The Morgan fingerprint density at radius 2 is 2.11 bits per heavy atom. The Balaban J connectivity index is 1.39. The zero-order chi connectivity index (χ0) is 25.7. The average molecular weight is 609 g/mol. The molecule has 0 spiro atoms. The molecule has 4 aromatic rings. The molecule has 12 heteroatoms. The van der Waals surface area contributed by atoms with E-state index in [1.165, 1.54) is 41.3 Å². The van der Waals surface area contributed by atoms with Crippen LogP contribution in [0.2, 0.25) is 5.02 Å². The Labute approximate surface area is 228 Å². The second-order valence-electron chi connectivity index (χ2n) is 7.46. The third kappa shape index (κ3) is 6.52. The second-order valence-corrected chi connectivity index (χ2v) is 10.6. The first-order valence-electron chi connectivity index (χ1n) is 10.6. The van der Waals surface area contributed by atoms with Crippen LogP contribution < -0.4 is 10.1 Å². The standard InChI is InChI=1S/C24H20BrClFN5O2S2/c1-3-10-32-22(14(2)34-20-9-8-17(27)11-18(20)26)30-31-24(32)36-13-21(33)29-23-28-19(12-35-23)15-4-6-16(25)7-5-15/h3-9,11-12,14H,1,10,13H2,2H3,(H,28,29,33). The van der Waals surface area contributed by atoms with Crippen molar-refractivity contribution in [3.63, 3.8) is 0 Å². The van der Waals surface area contributed by atoms with Crippen LogP contribution in [-0.4, -0.2) is 31.4 Å². The molecule has 0 aliphatic carbocycles. The van der Waals surface area contributed by atoms with E-state index in [9.17, 15) is 9.18 Å². The van der Waals surface area contributed by atoms with Crippen LogP contribution in [0.5, 0.6) is 5.75 Å². The first-order valence-corrected chi connectivity index (χ1v) is 13.7. The minimum absolute atomic E-state index is 0.113. The van der Waals surface area contributed by atoms with Crippen molar-refractivity contribution in [3.8, 4) is 17.0 Å². The van der Waals surface area contributed by atoms with Crippen LogP contribution in [0.25, 0.3) is 11.3 Å². The van der Waals surface area contributed by atoms with Gasteiger partial charge in [0.1, 0.15) is 11.6 Å². The fraction of sp³-hybridized carbons (Fsp3) is 0.167. The lowest BCUT2D eigenvalue weighted by Gasteiger charge is -2.16. The Morgan fingerprint density at radius 3 is 2.83 bits per heavy atom. The summed E-state index contributed by atoms with van der Waals surface area (Å²) in [4.78, 5) is 17.1. The molecule has 1 unspecified atom stereocenters. The molecule has 2 heterocycles. The largest absolute Gasteiger partial charge is 0.481 e. The lowest BCUT2D eigenvalue weighted by molar-refractivity contribution is -0.113. The molecule has 1 N–H and O–H groups in total. The van der Waals surface area contributed by atoms with E-state index in [1.807, 2.05) is 34.2 Å². The summed E-state index contributed by atoms with van der Waals surface area (Å²) < 4.78 is 22.0. The Bertz CT molecular complexity index is 1380. The Morgan fingerprint density at radius 1 is 1.33 bits per heavy atom. The van der Waals surface area contributed by atoms with E-state index >= 15 is 0 Å². The maximum Gasteiger partial charge on any atom is 0.236 e. The van der Waals surface area contributed by atoms with Crippen molar-refractivity contribution in [2.75, 3.05) is 11.1 Å². The van der Waals surface area contributed by atoms with Crippen LogP contribution in [0.4, 0.5) is 9.52 Å². The molecule has 0 radical (unpaired) electrons. The van der Waals surface area contributed by atoms with Crippen molar-refractivity contribution in [3.05, 3.63) is 81.6 Å². The molecule has 2 aromatic heterocycles. The first kappa shape index (κ1) is 26.3. The van der Waals surface area contributed by atoms with Gasteiger partial charge in [0.25, 0.3) is 0 Å². The highest BCUT2D eigenvalue weighted by Crippen LogP contribution is 2.31.